The third-order valence-electron chi connectivity index (χ3n) is 4.22. The van der Waals surface area contributed by atoms with Gasteiger partial charge < -0.3 is 14.2 Å². The Kier molecular flexibility index (Phi) is 7.42. The average Bonchev–Trinajstić information content (AvgIpc) is 3.33. The fourth-order valence-corrected chi connectivity index (χ4v) is 6.92. The van der Waals surface area contributed by atoms with Gasteiger partial charge in [0.05, 0.1) is 23.7 Å². The van der Waals surface area contributed by atoms with Crippen LogP contribution in [0.4, 0.5) is 8.78 Å². The van der Waals surface area contributed by atoms with Gasteiger partial charge in [0.2, 0.25) is 0 Å². The van der Waals surface area contributed by atoms with Crippen molar-refractivity contribution in [3.63, 3.8) is 0 Å². The number of aromatic amines is 1. The highest BCUT2D eigenvalue weighted by Gasteiger charge is 2.55. The molecule has 9 nitrogen and oxygen atoms in total. The zero-order valence-corrected chi connectivity index (χ0v) is 21.0. The Morgan fingerprint density at radius 2 is 2.09 bits per heavy atom. The number of hydrogen-bond donors (Lipinski definition) is 2. The lowest BCUT2D eigenvalue weighted by Gasteiger charge is -2.20. The van der Waals surface area contributed by atoms with Crippen LogP contribution in [0.25, 0.3) is 21.5 Å². The predicted molar refractivity (Wildman–Crippen MR) is 120 cm³/mol. The Labute approximate surface area is 194 Å². The molecule has 0 aliphatic carbocycles. The highest BCUT2D eigenvalue weighted by molar-refractivity contribution is 9.10. The molecule has 1 unspecified atom stereocenters. The molecule has 0 aliphatic heterocycles. The summed E-state index contributed by atoms with van der Waals surface area (Å²) in [5.74, 6) is 0.366. The molecule has 0 bridgehead atoms. The summed E-state index contributed by atoms with van der Waals surface area (Å²) in [5.41, 5.74) is -3.73. The molecular weight excluding hydrogens is 555 g/mol. The van der Waals surface area contributed by atoms with Gasteiger partial charge in [-0.3, -0.25) is 9.66 Å². The Bertz CT molecular complexity index is 1270. The minimum Gasteiger partial charge on any atom is -0.492 e. The number of fused-ring (bicyclic) bond motifs is 1. The Morgan fingerprint density at radius 3 is 2.69 bits per heavy atom. The van der Waals surface area contributed by atoms with Crippen LogP contribution < -0.4 is 4.74 Å². The fourth-order valence-electron chi connectivity index (χ4n) is 2.81. The molecule has 2 heterocycles. The first kappa shape index (κ1) is 25.2. The minimum absolute atomic E-state index is 0.0122. The van der Waals surface area contributed by atoms with E-state index in [1.165, 1.54) is 19.3 Å². The van der Waals surface area contributed by atoms with E-state index in [-0.39, 0.29) is 46.1 Å². The smallest absolute Gasteiger partial charge is 0.402 e. The Balaban J connectivity index is 2.10. The van der Waals surface area contributed by atoms with Crippen molar-refractivity contribution < 1.29 is 35.9 Å². The second kappa shape index (κ2) is 9.43. The number of H-pyrrole nitrogens is 1. The molecule has 15 heteroatoms. The second-order valence-electron chi connectivity index (χ2n) is 6.73. The largest absolute Gasteiger partial charge is 0.492 e. The van der Waals surface area contributed by atoms with Crippen molar-refractivity contribution >= 4 is 54.8 Å². The van der Waals surface area contributed by atoms with Gasteiger partial charge >= 0.3 is 13.3 Å². The van der Waals surface area contributed by atoms with Crippen LogP contribution in [0.15, 0.2) is 22.9 Å². The van der Waals surface area contributed by atoms with Crippen LogP contribution in [0, 0.1) is 0 Å². The zero-order chi connectivity index (χ0) is 23.7. The van der Waals surface area contributed by atoms with Crippen molar-refractivity contribution in [3.8, 4) is 17.1 Å². The lowest BCUT2D eigenvalue weighted by atomic mass is 10.1. The maximum Gasteiger partial charge on any atom is 0.402 e. The van der Waals surface area contributed by atoms with Gasteiger partial charge in [-0.25, -0.2) is 13.4 Å². The summed E-state index contributed by atoms with van der Waals surface area (Å²) >= 11 is 3.71. The molecule has 0 saturated heterocycles. The lowest BCUT2D eigenvalue weighted by Crippen LogP contribution is -2.14. The number of alkyl halides is 2. The van der Waals surface area contributed by atoms with E-state index < -0.39 is 28.0 Å². The molecule has 3 aromatic rings. The highest BCUT2D eigenvalue weighted by Crippen LogP contribution is 2.66. The molecule has 0 saturated carbocycles. The van der Waals surface area contributed by atoms with Crippen molar-refractivity contribution in [1.82, 2.24) is 15.2 Å². The summed E-state index contributed by atoms with van der Waals surface area (Å²) in [7, 11) is -8.50. The number of nitrogens with zero attached hydrogens (tertiary/aromatic N) is 2. The first-order chi connectivity index (χ1) is 14.9. The Hall–Kier alpha value is -1.44. The van der Waals surface area contributed by atoms with Gasteiger partial charge in [-0.05, 0) is 41.4 Å². The number of halogens is 3. The number of ether oxygens (including phenoxy) is 1. The van der Waals surface area contributed by atoms with Crippen LogP contribution in [0.2, 0.25) is 0 Å². The standard InChI is InChI=1S/C17H19BrF2N3O6PS2/c1-3-29-30(24,25)17(19,20)15-13(18)11-7-10(16-21-9-22-23-16)8-12(14(11)31-15)28-5-4-6-32(2,26)27/h7-9H,3-6H2,1-2H3,(H,24,25)(H,21,22,23). The molecule has 0 spiro atoms. The molecule has 2 N–H and O–H groups in total. The summed E-state index contributed by atoms with van der Waals surface area (Å²) in [6, 6.07) is 3.09. The van der Waals surface area contributed by atoms with E-state index in [0.717, 1.165) is 6.26 Å². The number of benzene rings is 1. The van der Waals surface area contributed by atoms with E-state index in [9.17, 15) is 26.7 Å². The van der Waals surface area contributed by atoms with Crippen LogP contribution in [-0.2, 0) is 24.6 Å². The minimum atomic E-state index is -5.31. The molecule has 0 fully saturated rings. The maximum atomic E-state index is 15.0. The molecule has 0 radical (unpaired) electrons. The summed E-state index contributed by atoms with van der Waals surface area (Å²) < 4.78 is 75.2. The van der Waals surface area contributed by atoms with Crippen LogP contribution in [-0.4, -0.2) is 53.7 Å². The number of nitrogens with one attached hydrogen (secondary N) is 1. The van der Waals surface area contributed by atoms with Gasteiger partial charge in [0.1, 0.15) is 26.8 Å². The zero-order valence-electron chi connectivity index (χ0n) is 16.8. The summed E-state index contributed by atoms with van der Waals surface area (Å²) in [6.45, 7) is 0.984. The number of aromatic nitrogens is 3. The molecule has 0 amide bonds. The molecule has 1 aromatic carbocycles. The normalized spacial score (nSPS) is 14.6. The van der Waals surface area contributed by atoms with E-state index in [1.807, 2.05) is 0 Å². The monoisotopic (exact) mass is 573 g/mol. The third kappa shape index (κ3) is 5.20. The molecular formula is C17H19BrF2N3O6PS2. The van der Waals surface area contributed by atoms with Crippen molar-refractivity contribution in [2.24, 2.45) is 0 Å². The quantitative estimate of drug-likeness (QED) is 0.267. The molecule has 2 aromatic heterocycles. The van der Waals surface area contributed by atoms with Crippen LogP contribution in [0.5, 0.6) is 5.75 Å². The fraction of sp³-hybridized carbons (Fsp3) is 0.412. The van der Waals surface area contributed by atoms with Crippen molar-refractivity contribution in [1.29, 1.82) is 0 Å². The topological polar surface area (TPSA) is 131 Å². The third-order valence-corrected chi connectivity index (χ3v) is 9.32. The predicted octanol–water partition coefficient (Wildman–Crippen LogP) is 4.53. The van der Waals surface area contributed by atoms with E-state index in [0.29, 0.717) is 22.3 Å². The number of rotatable bonds is 10. The average molecular weight is 574 g/mol. The van der Waals surface area contributed by atoms with E-state index >= 15 is 0 Å². The van der Waals surface area contributed by atoms with Gasteiger partial charge in [-0.1, -0.05) is 0 Å². The number of hydrogen-bond acceptors (Lipinski definition) is 8. The van der Waals surface area contributed by atoms with Gasteiger partial charge in [-0.15, -0.1) is 11.3 Å². The van der Waals surface area contributed by atoms with Gasteiger partial charge in [0.15, 0.2) is 5.82 Å². The van der Waals surface area contributed by atoms with Crippen LogP contribution in [0.1, 0.15) is 18.2 Å². The molecule has 3 rings (SSSR count). The lowest BCUT2D eigenvalue weighted by molar-refractivity contribution is 0.0495. The van der Waals surface area contributed by atoms with Crippen molar-refractivity contribution in [3.05, 3.63) is 27.8 Å². The molecule has 1 atom stereocenters. The molecule has 176 valence electrons. The summed E-state index contributed by atoms with van der Waals surface area (Å²) in [6.07, 6.45) is 2.64. The number of sulfone groups is 1. The highest BCUT2D eigenvalue weighted by atomic mass is 79.9. The molecule has 0 aliphatic rings. The van der Waals surface area contributed by atoms with Crippen LogP contribution in [0.3, 0.4) is 0 Å². The summed E-state index contributed by atoms with van der Waals surface area (Å²) in [4.78, 5) is 13.2. The van der Waals surface area contributed by atoms with Gasteiger partial charge in [-0.2, -0.15) is 13.9 Å². The van der Waals surface area contributed by atoms with Gasteiger partial charge in [0, 0.05) is 21.7 Å². The first-order valence-corrected chi connectivity index (χ1v) is 14.4. The van der Waals surface area contributed by atoms with Crippen molar-refractivity contribution in [2.45, 2.75) is 19.0 Å². The molecule has 32 heavy (non-hydrogen) atoms. The second-order valence-corrected chi connectivity index (χ2v) is 12.7. The number of thiophene rings is 1. The van der Waals surface area contributed by atoms with Crippen molar-refractivity contribution in [2.75, 3.05) is 25.2 Å². The Morgan fingerprint density at radius 1 is 1.38 bits per heavy atom. The SMILES string of the molecule is CCOP(=O)(O)C(F)(F)c1sc2c(OCCCS(C)(=O)=O)cc(-c3nc[nH]n3)cc2c1Br. The first-order valence-electron chi connectivity index (χ1n) is 9.16. The van der Waals surface area contributed by atoms with E-state index in [2.05, 4.69) is 35.6 Å². The van der Waals surface area contributed by atoms with E-state index in [4.69, 9.17) is 4.74 Å². The summed E-state index contributed by atoms with van der Waals surface area (Å²) in [5, 5.41) is 6.83. The van der Waals surface area contributed by atoms with E-state index in [1.54, 1.807) is 6.07 Å². The van der Waals surface area contributed by atoms with Crippen LogP contribution >= 0.6 is 34.9 Å². The maximum absolute atomic E-state index is 15.0. The van der Waals surface area contributed by atoms with Gasteiger partial charge in [0.25, 0.3) is 0 Å².